The Bertz CT molecular complexity index is 521. The maximum Gasteiger partial charge on any atom is 0.229 e. The fourth-order valence-electron chi connectivity index (χ4n) is 2.17. The van der Waals surface area contributed by atoms with Crippen molar-refractivity contribution in [2.75, 3.05) is 11.4 Å². The van der Waals surface area contributed by atoms with Gasteiger partial charge in [-0.3, -0.25) is 9.69 Å². The highest BCUT2D eigenvalue weighted by Crippen LogP contribution is 2.30. The molecule has 1 aromatic heterocycles. The Morgan fingerprint density at radius 3 is 2.61 bits per heavy atom. The van der Waals surface area contributed by atoms with Gasteiger partial charge in [0.05, 0.1) is 5.56 Å². The summed E-state index contributed by atoms with van der Waals surface area (Å²) in [6, 6.07) is 3.90. The van der Waals surface area contributed by atoms with E-state index in [4.69, 9.17) is 5.26 Å². The van der Waals surface area contributed by atoms with E-state index in [1.807, 2.05) is 4.57 Å². The predicted molar refractivity (Wildman–Crippen MR) is 73.9 cm³/mol. The fraction of sp³-hybridized carbons (Fsp3) is 0.538. The summed E-state index contributed by atoms with van der Waals surface area (Å²) >= 11 is 4.36. The van der Waals surface area contributed by atoms with Crippen LogP contribution < -0.4 is 4.90 Å². The van der Waals surface area contributed by atoms with Gasteiger partial charge in [0.25, 0.3) is 0 Å². The lowest BCUT2D eigenvalue weighted by Crippen LogP contribution is -2.31. The van der Waals surface area contributed by atoms with Crippen LogP contribution in [0, 0.1) is 11.3 Å². The summed E-state index contributed by atoms with van der Waals surface area (Å²) in [5.41, 5.74) is 0.412. The number of carbonyl (C=O) groups excluding carboxylic acids is 1. The SMILES string of the molecule is CC(C)(C)n1cc(C#N)cc1N1CC(S)CC1=O. The molecule has 1 aliphatic heterocycles. The number of aromatic nitrogens is 1. The van der Waals surface area contributed by atoms with Gasteiger partial charge in [0, 0.05) is 30.0 Å². The van der Waals surface area contributed by atoms with Crippen LogP contribution in [0.1, 0.15) is 32.8 Å². The fourth-order valence-corrected chi connectivity index (χ4v) is 2.49. The molecule has 1 amide bonds. The first-order valence-corrected chi connectivity index (χ1v) is 6.46. The normalized spacial score (nSPS) is 20.3. The molecule has 96 valence electrons. The minimum Gasteiger partial charge on any atom is -0.328 e. The number of hydrogen-bond donors (Lipinski definition) is 1. The number of carbonyl (C=O) groups is 1. The van der Waals surface area contributed by atoms with Crippen LogP contribution in [0.15, 0.2) is 12.3 Å². The van der Waals surface area contributed by atoms with Crippen molar-refractivity contribution in [3.63, 3.8) is 0 Å². The van der Waals surface area contributed by atoms with Crippen molar-refractivity contribution in [3.8, 4) is 6.07 Å². The van der Waals surface area contributed by atoms with Gasteiger partial charge in [-0.05, 0) is 26.8 Å². The zero-order valence-corrected chi connectivity index (χ0v) is 11.7. The molecule has 0 N–H and O–H groups in total. The van der Waals surface area contributed by atoms with Gasteiger partial charge in [-0.2, -0.15) is 17.9 Å². The molecule has 0 aliphatic carbocycles. The van der Waals surface area contributed by atoms with E-state index >= 15 is 0 Å². The van der Waals surface area contributed by atoms with Crippen molar-refractivity contribution in [1.29, 1.82) is 5.26 Å². The molecular formula is C13H17N3OS. The lowest BCUT2D eigenvalue weighted by molar-refractivity contribution is -0.117. The van der Waals surface area contributed by atoms with Crippen molar-refractivity contribution in [1.82, 2.24) is 4.57 Å². The van der Waals surface area contributed by atoms with Gasteiger partial charge < -0.3 is 4.57 Å². The monoisotopic (exact) mass is 263 g/mol. The molecule has 2 heterocycles. The summed E-state index contributed by atoms with van der Waals surface area (Å²) in [5, 5.41) is 9.10. The first-order chi connectivity index (χ1) is 8.32. The summed E-state index contributed by atoms with van der Waals surface area (Å²) in [7, 11) is 0. The van der Waals surface area contributed by atoms with Gasteiger partial charge in [0.1, 0.15) is 11.9 Å². The van der Waals surface area contributed by atoms with Crippen molar-refractivity contribution in [2.45, 2.75) is 38.0 Å². The quantitative estimate of drug-likeness (QED) is 0.789. The molecule has 0 bridgehead atoms. The van der Waals surface area contributed by atoms with Crippen LogP contribution >= 0.6 is 12.6 Å². The molecule has 0 radical (unpaired) electrons. The van der Waals surface area contributed by atoms with Crippen LogP contribution in [-0.4, -0.2) is 22.3 Å². The van der Waals surface area contributed by atoms with Gasteiger partial charge >= 0.3 is 0 Å². The van der Waals surface area contributed by atoms with E-state index in [1.165, 1.54) is 0 Å². The van der Waals surface area contributed by atoms with Crippen LogP contribution in [0.3, 0.4) is 0 Å². The Balaban J connectivity index is 2.47. The molecule has 4 nitrogen and oxygen atoms in total. The maximum absolute atomic E-state index is 11.9. The van der Waals surface area contributed by atoms with Crippen LogP contribution in [0.2, 0.25) is 0 Å². The molecule has 2 rings (SSSR count). The lowest BCUT2D eigenvalue weighted by atomic mass is 10.1. The second-order valence-electron chi connectivity index (χ2n) is 5.60. The van der Waals surface area contributed by atoms with Crippen molar-refractivity contribution in [2.24, 2.45) is 0 Å². The van der Waals surface area contributed by atoms with Crippen LogP contribution in [-0.2, 0) is 10.3 Å². The van der Waals surface area contributed by atoms with Crippen LogP contribution in [0.25, 0.3) is 0 Å². The Morgan fingerprint density at radius 2 is 2.17 bits per heavy atom. The minimum absolute atomic E-state index is 0.0723. The highest BCUT2D eigenvalue weighted by molar-refractivity contribution is 7.81. The van der Waals surface area contributed by atoms with E-state index in [2.05, 4.69) is 39.5 Å². The summed E-state index contributed by atoms with van der Waals surface area (Å²) in [6.07, 6.45) is 2.26. The van der Waals surface area contributed by atoms with E-state index in [0.29, 0.717) is 18.5 Å². The second-order valence-corrected chi connectivity index (χ2v) is 6.33. The van der Waals surface area contributed by atoms with E-state index in [0.717, 1.165) is 5.82 Å². The number of thiol groups is 1. The largest absolute Gasteiger partial charge is 0.328 e. The molecule has 1 fully saturated rings. The molecule has 0 spiro atoms. The first-order valence-electron chi connectivity index (χ1n) is 5.94. The average Bonchev–Trinajstić information content (AvgIpc) is 2.80. The smallest absolute Gasteiger partial charge is 0.229 e. The highest BCUT2D eigenvalue weighted by Gasteiger charge is 2.32. The minimum atomic E-state index is -0.167. The molecule has 1 atom stereocenters. The third kappa shape index (κ3) is 2.25. The summed E-state index contributed by atoms with van der Waals surface area (Å²) in [6.45, 7) is 6.76. The van der Waals surface area contributed by atoms with Crippen molar-refractivity contribution in [3.05, 3.63) is 17.8 Å². The summed E-state index contributed by atoms with van der Waals surface area (Å²) in [4.78, 5) is 13.7. The lowest BCUT2D eigenvalue weighted by Gasteiger charge is -2.28. The molecule has 1 saturated heterocycles. The van der Waals surface area contributed by atoms with Crippen LogP contribution in [0.5, 0.6) is 0 Å². The van der Waals surface area contributed by atoms with Crippen molar-refractivity contribution >= 4 is 24.4 Å². The number of hydrogen-bond acceptors (Lipinski definition) is 3. The van der Waals surface area contributed by atoms with Gasteiger partial charge in [-0.15, -0.1) is 0 Å². The Labute approximate surface area is 113 Å². The third-order valence-corrected chi connectivity index (χ3v) is 3.38. The maximum atomic E-state index is 11.9. The Morgan fingerprint density at radius 1 is 1.50 bits per heavy atom. The number of amides is 1. The van der Waals surface area contributed by atoms with Gasteiger partial charge in [-0.25, -0.2) is 0 Å². The highest BCUT2D eigenvalue weighted by atomic mass is 32.1. The van der Waals surface area contributed by atoms with Crippen molar-refractivity contribution < 1.29 is 4.79 Å². The molecular weight excluding hydrogens is 246 g/mol. The number of nitriles is 1. The summed E-state index contributed by atoms with van der Waals surface area (Å²) in [5.74, 6) is 0.865. The first kappa shape index (κ1) is 13.0. The number of rotatable bonds is 1. The van der Waals surface area contributed by atoms with Gasteiger partial charge in [0.2, 0.25) is 5.91 Å². The van der Waals surface area contributed by atoms with Crippen LogP contribution in [0.4, 0.5) is 5.82 Å². The summed E-state index contributed by atoms with van der Waals surface area (Å²) < 4.78 is 1.98. The number of anilines is 1. The molecule has 1 aliphatic rings. The predicted octanol–water partition coefficient (Wildman–Crippen LogP) is 2.15. The Kier molecular flexibility index (Phi) is 3.16. The van der Waals surface area contributed by atoms with E-state index in [-0.39, 0.29) is 16.7 Å². The van der Waals surface area contributed by atoms with E-state index in [1.54, 1.807) is 17.2 Å². The van der Waals surface area contributed by atoms with E-state index in [9.17, 15) is 4.79 Å². The zero-order valence-electron chi connectivity index (χ0n) is 10.8. The average molecular weight is 263 g/mol. The molecule has 1 aromatic rings. The number of nitrogens with zero attached hydrogens (tertiary/aromatic N) is 3. The molecule has 1 unspecified atom stereocenters. The molecule has 0 aromatic carbocycles. The van der Waals surface area contributed by atoms with Gasteiger partial charge in [0.15, 0.2) is 0 Å². The Hall–Kier alpha value is -1.41. The molecule has 18 heavy (non-hydrogen) atoms. The van der Waals surface area contributed by atoms with E-state index < -0.39 is 0 Å². The molecule has 0 saturated carbocycles. The van der Waals surface area contributed by atoms with Gasteiger partial charge in [-0.1, -0.05) is 0 Å². The second kappa shape index (κ2) is 4.36. The molecule has 5 heteroatoms. The topological polar surface area (TPSA) is 49.0 Å². The zero-order chi connectivity index (χ0) is 13.5. The standard InChI is InChI=1S/C13H17N3OS/c1-13(2,3)16-7-9(6-14)4-11(16)15-8-10(18)5-12(15)17/h4,7,10,18H,5,8H2,1-3H3. The third-order valence-electron chi connectivity index (χ3n) is 3.03.